The molecule has 1 aliphatic rings. The topological polar surface area (TPSA) is 46.6 Å². The number of carbonyl (C=O) groups is 2. The van der Waals surface area contributed by atoms with E-state index in [0.29, 0.717) is 31.5 Å². The van der Waals surface area contributed by atoms with Gasteiger partial charge in [-0.1, -0.05) is 0 Å². The molecular formula is C14H14F3NO3. The number of likely N-dealkylation sites (tertiary alicyclic amines) is 1. The van der Waals surface area contributed by atoms with Crippen molar-refractivity contribution in [1.82, 2.24) is 4.90 Å². The highest BCUT2D eigenvalue weighted by Crippen LogP contribution is 2.21. The third-order valence-corrected chi connectivity index (χ3v) is 3.47. The summed E-state index contributed by atoms with van der Waals surface area (Å²) in [5, 5.41) is 0. The molecule has 0 N–H and O–H groups in total. The Bertz CT molecular complexity index is 554. The smallest absolute Gasteiger partial charge is 0.310 e. The number of hydrogen-bond donors (Lipinski definition) is 0. The first-order chi connectivity index (χ1) is 9.93. The van der Waals surface area contributed by atoms with E-state index in [-0.39, 0.29) is 12.1 Å². The van der Waals surface area contributed by atoms with Crippen molar-refractivity contribution in [2.45, 2.75) is 12.8 Å². The summed E-state index contributed by atoms with van der Waals surface area (Å²) in [6.45, 7) is 0.485. The molecule has 0 unspecified atom stereocenters. The van der Waals surface area contributed by atoms with E-state index >= 15 is 0 Å². The highest BCUT2D eigenvalue weighted by molar-refractivity contribution is 5.94. The first-order valence-corrected chi connectivity index (χ1v) is 6.45. The number of hydrogen-bond acceptors (Lipinski definition) is 3. The Kier molecular flexibility index (Phi) is 4.50. The average molecular weight is 301 g/mol. The van der Waals surface area contributed by atoms with Crippen LogP contribution in [0.4, 0.5) is 13.2 Å². The van der Waals surface area contributed by atoms with Gasteiger partial charge in [-0.2, -0.15) is 0 Å². The molecule has 1 amide bonds. The van der Waals surface area contributed by atoms with E-state index in [1.807, 2.05) is 0 Å². The zero-order valence-corrected chi connectivity index (χ0v) is 11.4. The standard InChI is InChI=1S/C14H14F3NO3/c1-21-14(20)8-3-2-4-18(7-8)13(19)9-5-10(15)12(17)11(16)6-9/h5-6,8H,2-4,7H2,1H3/t8-/m0/s1. The average Bonchev–Trinajstić information content (AvgIpc) is 2.50. The molecule has 1 aromatic carbocycles. The molecule has 1 atom stereocenters. The molecule has 4 nitrogen and oxygen atoms in total. The Morgan fingerprint density at radius 2 is 1.86 bits per heavy atom. The van der Waals surface area contributed by atoms with Gasteiger partial charge in [0.25, 0.3) is 5.91 Å². The minimum atomic E-state index is -1.61. The van der Waals surface area contributed by atoms with Gasteiger partial charge in [-0.15, -0.1) is 0 Å². The fourth-order valence-corrected chi connectivity index (χ4v) is 2.38. The summed E-state index contributed by atoms with van der Waals surface area (Å²) in [7, 11) is 1.26. The van der Waals surface area contributed by atoms with Crippen molar-refractivity contribution in [3.8, 4) is 0 Å². The summed E-state index contributed by atoms with van der Waals surface area (Å²) in [5.74, 6) is -5.97. The first kappa shape index (κ1) is 15.3. The largest absolute Gasteiger partial charge is 0.469 e. The lowest BCUT2D eigenvalue weighted by Crippen LogP contribution is -2.42. The van der Waals surface area contributed by atoms with Crippen LogP contribution >= 0.6 is 0 Å². The van der Waals surface area contributed by atoms with E-state index in [1.54, 1.807) is 0 Å². The predicted octanol–water partition coefficient (Wildman–Crippen LogP) is 2.13. The van der Waals surface area contributed by atoms with Gasteiger partial charge in [0.2, 0.25) is 0 Å². The Morgan fingerprint density at radius 1 is 1.24 bits per heavy atom. The second kappa shape index (κ2) is 6.15. The molecule has 2 rings (SSSR count). The molecule has 1 heterocycles. The quantitative estimate of drug-likeness (QED) is 0.621. The number of amides is 1. The van der Waals surface area contributed by atoms with Crippen molar-refractivity contribution in [2.24, 2.45) is 5.92 Å². The van der Waals surface area contributed by atoms with E-state index in [9.17, 15) is 22.8 Å². The lowest BCUT2D eigenvalue weighted by molar-refractivity contribution is -0.146. The second-order valence-corrected chi connectivity index (χ2v) is 4.87. The molecule has 0 radical (unpaired) electrons. The lowest BCUT2D eigenvalue weighted by atomic mass is 9.97. The van der Waals surface area contributed by atoms with Crippen molar-refractivity contribution in [3.63, 3.8) is 0 Å². The fourth-order valence-electron chi connectivity index (χ4n) is 2.38. The van der Waals surface area contributed by atoms with Crippen LogP contribution in [0.5, 0.6) is 0 Å². The van der Waals surface area contributed by atoms with Crippen LogP contribution < -0.4 is 0 Å². The summed E-state index contributed by atoms with van der Waals surface area (Å²) in [6, 6.07) is 1.31. The summed E-state index contributed by atoms with van der Waals surface area (Å²) in [6.07, 6.45) is 1.17. The molecule has 21 heavy (non-hydrogen) atoms. The van der Waals surface area contributed by atoms with E-state index in [0.717, 1.165) is 0 Å². The van der Waals surface area contributed by atoms with Crippen LogP contribution in [0.2, 0.25) is 0 Å². The van der Waals surface area contributed by atoms with Crippen LogP contribution in [0.1, 0.15) is 23.2 Å². The van der Waals surface area contributed by atoms with Crippen LogP contribution in [-0.4, -0.2) is 37.0 Å². The zero-order valence-electron chi connectivity index (χ0n) is 11.4. The molecule has 1 aromatic rings. The number of piperidine rings is 1. The number of ether oxygens (including phenoxy) is 1. The zero-order chi connectivity index (χ0) is 15.6. The first-order valence-electron chi connectivity index (χ1n) is 6.45. The maximum absolute atomic E-state index is 13.2. The van der Waals surface area contributed by atoms with Crippen molar-refractivity contribution in [1.29, 1.82) is 0 Å². The number of esters is 1. The molecule has 0 aliphatic carbocycles. The molecule has 1 fully saturated rings. The molecule has 0 spiro atoms. The van der Waals surface area contributed by atoms with Gasteiger partial charge in [-0.05, 0) is 25.0 Å². The van der Waals surface area contributed by atoms with Crippen LogP contribution in [0.3, 0.4) is 0 Å². The third kappa shape index (κ3) is 3.17. The van der Waals surface area contributed by atoms with Crippen molar-refractivity contribution >= 4 is 11.9 Å². The van der Waals surface area contributed by atoms with Crippen molar-refractivity contribution in [2.75, 3.05) is 20.2 Å². The SMILES string of the molecule is COC(=O)[C@H]1CCCN(C(=O)c2cc(F)c(F)c(F)c2)C1. The van der Waals surface area contributed by atoms with Crippen molar-refractivity contribution in [3.05, 3.63) is 35.1 Å². The van der Waals surface area contributed by atoms with Crippen LogP contribution in [0.25, 0.3) is 0 Å². The molecule has 0 bridgehead atoms. The molecule has 114 valence electrons. The van der Waals surface area contributed by atoms with E-state index in [1.165, 1.54) is 12.0 Å². The second-order valence-electron chi connectivity index (χ2n) is 4.87. The number of carbonyl (C=O) groups excluding carboxylic acids is 2. The maximum Gasteiger partial charge on any atom is 0.310 e. The molecule has 1 aliphatic heterocycles. The fraction of sp³-hybridized carbons (Fsp3) is 0.429. The van der Waals surface area contributed by atoms with Crippen LogP contribution in [0, 0.1) is 23.4 Å². The third-order valence-electron chi connectivity index (χ3n) is 3.47. The molecular weight excluding hydrogens is 287 g/mol. The Balaban J connectivity index is 2.18. The number of nitrogens with zero attached hydrogens (tertiary/aromatic N) is 1. The van der Waals surface area contributed by atoms with Crippen molar-refractivity contribution < 1.29 is 27.5 Å². The highest BCUT2D eigenvalue weighted by Gasteiger charge is 2.30. The Hall–Kier alpha value is -2.05. The maximum atomic E-state index is 13.2. The predicted molar refractivity (Wildman–Crippen MR) is 67.0 cm³/mol. The van der Waals surface area contributed by atoms with Gasteiger partial charge in [0.1, 0.15) is 0 Å². The Morgan fingerprint density at radius 3 is 2.43 bits per heavy atom. The van der Waals surface area contributed by atoms with Crippen LogP contribution in [-0.2, 0) is 9.53 Å². The summed E-state index contributed by atoms with van der Waals surface area (Å²) >= 11 is 0. The Labute approximate surface area is 119 Å². The summed E-state index contributed by atoms with van der Waals surface area (Å²) in [4.78, 5) is 25.0. The number of benzene rings is 1. The van der Waals surface area contributed by atoms with E-state index < -0.39 is 35.2 Å². The summed E-state index contributed by atoms with van der Waals surface area (Å²) in [5.41, 5.74) is -0.281. The number of methoxy groups -OCH3 is 1. The van der Waals surface area contributed by atoms with Gasteiger partial charge in [0, 0.05) is 18.7 Å². The molecule has 1 saturated heterocycles. The highest BCUT2D eigenvalue weighted by atomic mass is 19.2. The van der Waals surface area contributed by atoms with Gasteiger partial charge in [-0.25, -0.2) is 13.2 Å². The van der Waals surface area contributed by atoms with Gasteiger partial charge >= 0.3 is 5.97 Å². The van der Waals surface area contributed by atoms with Crippen LogP contribution in [0.15, 0.2) is 12.1 Å². The molecule has 0 saturated carbocycles. The normalized spacial score (nSPS) is 18.5. The minimum Gasteiger partial charge on any atom is -0.469 e. The van der Waals surface area contributed by atoms with E-state index in [4.69, 9.17) is 0 Å². The van der Waals surface area contributed by atoms with E-state index in [2.05, 4.69) is 4.74 Å². The number of halogens is 3. The van der Waals surface area contributed by atoms with Gasteiger partial charge in [0.15, 0.2) is 17.5 Å². The number of rotatable bonds is 2. The monoisotopic (exact) mass is 301 g/mol. The lowest BCUT2D eigenvalue weighted by Gasteiger charge is -2.31. The molecule has 7 heteroatoms. The minimum absolute atomic E-state index is 0.117. The van der Waals surface area contributed by atoms with Gasteiger partial charge in [-0.3, -0.25) is 9.59 Å². The van der Waals surface area contributed by atoms with Gasteiger partial charge in [0.05, 0.1) is 13.0 Å². The summed E-state index contributed by atoms with van der Waals surface area (Å²) < 4.78 is 43.9. The van der Waals surface area contributed by atoms with Gasteiger partial charge < -0.3 is 9.64 Å². The molecule has 0 aromatic heterocycles.